The maximum atomic E-state index is 13.0. The lowest BCUT2D eigenvalue weighted by atomic mass is 9.94. The summed E-state index contributed by atoms with van der Waals surface area (Å²) in [7, 11) is 0. The zero-order valence-electron chi connectivity index (χ0n) is 16.6. The second-order valence-corrected chi connectivity index (χ2v) is 7.14. The number of rotatable bonds is 7. The fraction of sp³-hybridized carbons (Fsp3) is 0.318. The van der Waals surface area contributed by atoms with Crippen molar-refractivity contribution in [1.82, 2.24) is 15.2 Å². The van der Waals surface area contributed by atoms with Crippen molar-refractivity contribution in [2.24, 2.45) is 0 Å². The molecule has 0 spiro atoms. The molecule has 0 bridgehead atoms. The molecule has 1 aromatic carbocycles. The molecule has 2 N–H and O–H groups in total. The molecule has 2 aromatic rings. The summed E-state index contributed by atoms with van der Waals surface area (Å²) < 4.78 is 10.8. The number of urea groups is 1. The number of nitrogens with one attached hydrogen (secondary N) is 2. The minimum absolute atomic E-state index is 0.0228. The van der Waals surface area contributed by atoms with Gasteiger partial charge in [0.2, 0.25) is 0 Å². The number of H-pyrrole nitrogens is 1. The van der Waals surface area contributed by atoms with E-state index < -0.39 is 18.0 Å². The van der Waals surface area contributed by atoms with E-state index in [1.54, 1.807) is 25.3 Å². The van der Waals surface area contributed by atoms with Crippen LogP contribution in [0.3, 0.4) is 0 Å². The number of aromatic nitrogens is 1. The summed E-state index contributed by atoms with van der Waals surface area (Å²) in [5.74, 6) is -1.10. The first-order valence-electron chi connectivity index (χ1n) is 9.95. The fourth-order valence-electron chi connectivity index (χ4n) is 3.56. The van der Waals surface area contributed by atoms with Gasteiger partial charge in [0.05, 0.1) is 23.9 Å². The molecule has 8 nitrogen and oxygen atoms in total. The number of carbonyl (C=O) groups excluding carboxylic acids is 3. The van der Waals surface area contributed by atoms with Crippen LogP contribution < -0.4 is 5.32 Å². The third kappa shape index (κ3) is 3.94. The van der Waals surface area contributed by atoms with Gasteiger partial charge in [-0.25, -0.2) is 14.4 Å². The largest absolute Gasteiger partial charge is 0.463 e. The van der Waals surface area contributed by atoms with Crippen molar-refractivity contribution in [3.8, 4) is 0 Å². The third-order valence-corrected chi connectivity index (χ3v) is 5.08. The zero-order chi connectivity index (χ0) is 21.1. The van der Waals surface area contributed by atoms with E-state index in [1.165, 1.54) is 4.90 Å². The van der Waals surface area contributed by atoms with E-state index in [0.29, 0.717) is 11.4 Å². The van der Waals surface area contributed by atoms with Crippen LogP contribution in [0.1, 0.15) is 41.9 Å². The molecule has 1 aromatic heterocycles. The number of carbonyl (C=O) groups is 3. The van der Waals surface area contributed by atoms with E-state index in [1.807, 2.05) is 30.3 Å². The maximum absolute atomic E-state index is 13.0. The number of aromatic amines is 1. The van der Waals surface area contributed by atoms with Gasteiger partial charge in [-0.1, -0.05) is 30.3 Å². The molecule has 0 unspecified atom stereocenters. The molecule has 156 valence electrons. The van der Waals surface area contributed by atoms with Gasteiger partial charge in [-0.2, -0.15) is 0 Å². The van der Waals surface area contributed by atoms with Gasteiger partial charge in [-0.05, 0) is 37.5 Å². The Balaban J connectivity index is 1.74. The van der Waals surface area contributed by atoms with Crippen LogP contribution in [0.25, 0.3) is 0 Å². The molecule has 1 fully saturated rings. The minimum Gasteiger partial charge on any atom is -0.463 e. The number of ether oxygens (including phenoxy) is 2. The van der Waals surface area contributed by atoms with E-state index in [4.69, 9.17) is 9.47 Å². The Labute approximate surface area is 173 Å². The van der Waals surface area contributed by atoms with Gasteiger partial charge in [0, 0.05) is 12.2 Å². The summed E-state index contributed by atoms with van der Waals surface area (Å²) >= 11 is 0. The minimum atomic E-state index is -0.688. The Kier molecular flexibility index (Phi) is 5.56. The topological polar surface area (TPSA) is 101 Å². The average molecular weight is 409 g/mol. The standard InChI is InChI=1S/C22H23N3O5/c1-2-29-21(27)18-17(13-30-20(26)16-9-6-12-23-16)25(15-10-11-15)22(28)24-19(18)14-7-4-3-5-8-14/h3-9,12,15,19,23H,2,10-11,13H2,1H3,(H,24,28)/t19-/m0/s1. The van der Waals surface area contributed by atoms with Crippen LogP contribution in [-0.2, 0) is 14.3 Å². The van der Waals surface area contributed by atoms with Crippen molar-refractivity contribution in [3.05, 3.63) is 71.2 Å². The fourth-order valence-corrected chi connectivity index (χ4v) is 3.56. The lowest BCUT2D eigenvalue weighted by Gasteiger charge is -2.36. The zero-order valence-corrected chi connectivity index (χ0v) is 16.6. The van der Waals surface area contributed by atoms with E-state index in [9.17, 15) is 14.4 Å². The molecule has 4 rings (SSSR count). The summed E-state index contributed by atoms with van der Waals surface area (Å²) in [6, 6.07) is 11.5. The van der Waals surface area contributed by atoms with Crippen molar-refractivity contribution in [1.29, 1.82) is 0 Å². The molecule has 1 aliphatic heterocycles. The molecule has 0 radical (unpaired) electrons. The number of hydrogen-bond acceptors (Lipinski definition) is 5. The number of amides is 2. The molecule has 1 atom stereocenters. The van der Waals surface area contributed by atoms with E-state index in [2.05, 4.69) is 10.3 Å². The van der Waals surface area contributed by atoms with Crippen LogP contribution in [0, 0.1) is 0 Å². The molecular formula is C22H23N3O5. The van der Waals surface area contributed by atoms with Crippen LogP contribution in [-0.4, -0.2) is 47.1 Å². The highest BCUT2D eigenvalue weighted by atomic mass is 16.5. The highest BCUT2D eigenvalue weighted by Crippen LogP contribution is 2.38. The first-order chi connectivity index (χ1) is 14.6. The summed E-state index contributed by atoms with van der Waals surface area (Å²) in [5.41, 5.74) is 1.70. The summed E-state index contributed by atoms with van der Waals surface area (Å²) in [4.78, 5) is 42.6. The van der Waals surface area contributed by atoms with Crippen molar-refractivity contribution in [3.63, 3.8) is 0 Å². The van der Waals surface area contributed by atoms with E-state index in [0.717, 1.165) is 18.4 Å². The quantitative estimate of drug-likeness (QED) is 0.685. The first kappa shape index (κ1) is 19.8. The average Bonchev–Trinajstić information content (AvgIpc) is 3.43. The smallest absolute Gasteiger partial charge is 0.355 e. The summed E-state index contributed by atoms with van der Waals surface area (Å²) in [6.07, 6.45) is 3.27. The van der Waals surface area contributed by atoms with Gasteiger partial charge < -0.3 is 19.8 Å². The second kappa shape index (κ2) is 8.44. The van der Waals surface area contributed by atoms with Gasteiger partial charge in [0.1, 0.15) is 12.3 Å². The Hall–Kier alpha value is -3.55. The van der Waals surface area contributed by atoms with Crippen LogP contribution in [0.4, 0.5) is 4.79 Å². The first-order valence-corrected chi connectivity index (χ1v) is 9.95. The Morgan fingerprint density at radius 1 is 1.07 bits per heavy atom. The van der Waals surface area contributed by atoms with Crippen LogP contribution in [0.15, 0.2) is 59.9 Å². The number of nitrogens with zero attached hydrogens (tertiary/aromatic N) is 1. The lowest BCUT2D eigenvalue weighted by molar-refractivity contribution is -0.139. The molecule has 0 saturated heterocycles. The van der Waals surface area contributed by atoms with Gasteiger partial charge >= 0.3 is 18.0 Å². The van der Waals surface area contributed by atoms with Crippen molar-refractivity contribution >= 4 is 18.0 Å². The number of benzene rings is 1. The van der Waals surface area contributed by atoms with Crippen LogP contribution in [0.5, 0.6) is 0 Å². The number of hydrogen-bond donors (Lipinski definition) is 2. The van der Waals surface area contributed by atoms with Gasteiger partial charge in [0.25, 0.3) is 0 Å². The van der Waals surface area contributed by atoms with E-state index >= 15 is 0 Å². The molecular weight excluding hydrogens is 386 g/mol. The predicted molar refractivity (Wildman–Crippen MR) is 107 cm³/mol. The molecule has 2 amide bonds. The van der Waals surface area contributed by atoms with Gasteiger partial charge in [-0.15, -0.1) is 0 Å². The van der Waals surface area contributed by atoms with Crippen LogP contribution in [0.2, 0.25) is 0 Å². The maximum Gasteiger partial charge on any atom is 0.355 e. The lowest BCUT2D eigenvalue weighted by Crippen LogP contribution is -2.50. The molecule has 2 aliphatic rings. The summed E-state index contributed by atoms with van der Waals surface area (Å²) in [5, 5.41) is 2.92. The Morgan fingerprint density at radius 3 is 2.47 bits per heavy atom. The Bertz CT molecular complexity index is 964. The molecule has 2 heterocycles. The van der Waals surface area contributed by atoms with Crippen molar-refractivity contribution in [2.45, 2.75) is 31.8 Å². The van der Waals surface area contributed by atoms with Gasteiger partial charge in [-0.3, -0.25) is 4.90 Å². The van der Waals surface area contributed by atoms with E-state index in [-0.39, 0.29) is 30.9 Å². The van der Waals surface area contributed by atoms with Crippen LogP contribution >= 0.6 is 0 Å². The predicted octanol–water partition coefficient (Wildman–Crippen LogP) is 2.92. The van der Waals surface area contributed by atoms with Crippen molar-refractivity contribution in [2.75, 3.05) is 13.2 Å². The summed E-state index contributed by atoms with van der Waals surface area (Å²) in [6.45, 7) is 1.71. The monoisotopic (exact) mass is 409 g/mol. The SMILES string of the molecule is CCOC(=O)C1=C(COC(=O)c2ccc[nH]2)N(C2CC2)C(=O)N[C@H]1c1ccccc1. The highest BCUT2D eigenvalue weighted by Gasteiger charge is 2.44. The molecule has 1 saturated carbocycles. The second-order valence-electron chi connectivity index (χ2n) is 7.14. The molecule has 8 heteroatoms. The highest BCUT2D eigenvalue weighted by molar-refractivity contribution is 5.95. The number of esters is 2. The normalized spacial score (nSPS) is 18.8. The Morgan fingerprint density at radius 2 is 1.83 bits per heavy atom. The van der Waals surface area contributed by atoms with Gasteiger partial charge in [0.15, 0.2) is 0 Å². The molecule has 1 aliphatic carbocycles. The third-order valence-electron chi connectivity index (χ3n) is 5.08. The van der Waals surface area contributed by atoms with Crippen molar-refractivity contribution < 1.29 is 23.9 Å². The molecule has 30 heavy (non-hydrogen) atoms.